The number of phenols is 1. The first-order valence-corrected chi connectivity index (χ1v) is 6.14. The Kier molecular flexibility index (Phi) is 5.53. The Labute approximate surface area is 121 Å². The molecule has 4 N–H and O–H groups in total. The third kappa shape index (κ3) is 4.68. The summed E-state index contributed by atoms with van der Waals surface area (Å²) in [5.41, 5.74) is -0.0668. The van der Waals surface area contributed by atoms with Crippen LogP contribution in [-0.2, 0) is 4.79 Å². The average Bonchev–Trinajstić information content (AvgIpc) is 2.45. The normalized spacial score (nSPS) is 9.81. The Morgan fingerprint density at radius 2 is 1.95 bits per heavy atom. The molecule has 0 aliphatic heterocycles. The van der Waals surface area contributed by atoms with Crippen molar-refractivity contribution in [3.8, 4) is 5.75 Å². The predicted molar refractivity (Wildman–Crippen MR) is 75.4 cm³/mol. The van der Waals surface area contributed by atoms with E-state index in [0.717, 1.165) is 6.07 Å². The number of urea groups is 1. The summed E-state index contributed by atoms with van der Waals surface area (Å²) >= 11 is 0. The zero-order valence-corrected chi connectivity index (χ0v) is 11.7. The fourth-order valence-electron chi connectivity index (χ4n) is 1.50. The number of nitrogens with one attached hydrogen (secondary N) is 2. The lowest BCUT2D eigenvalue weighted by Crippen LogP contribution is -2.34. The minimum absolute atomic E-state index is 0.163. The molecule has 0 heterocycles. The van der Waals surface area contributed by atoms with Crippen LogP contribution in [0, 0.1) is 0 Å². The number of rotatable bonds is 5. The first kappa shape index (κ1) is 16.3. The number of nitrogens with zero attached hydrogens (tertiary/aromatic N) is 1. The van der Waals surface area contributed by atoms with Crippen LogP contribution < -0.4 is 10.6 Å². The van der Waals surface area contributed by atoms with E-state index in [-0.39, 0.29) is 35.9 Å². The van der Waals surface area contributed by atoms with Crippen LogP contribution in [0.15, 0.2) is 18.2 Å². The van der Waals surface area contributed by atoms with Crippen molar-refractivity contribution in [1.82, 2.24) is 10.2 Å². The molecule has 0 aromatic heterocycles. The second-order valence-corrected chi connectivity index (χ2v) is 4.31. The number of carbonyl (C=O) groups is 3. The van der Waals surface area contributed by atoms with Crippen LogP contribution in [0.5, 0.6) is 5.75 Å². The molecule has 0 fully saturated rings. The Bertz CT molecular complexity index is 559. The Morgan fingerprint density at radius 3 is 2.52 bits per heavy atom. The van der Waals surface area contributed by atoms with Crippen LogP contribution in [0.3, 0.4) is 0 Å². The van der Waals surface area contributed by atoms with Crippen LogP contribution in [-0.4, -0.2) is 53.7 Å². The van der Waals surface area contributed by atoms with E-state index in [1.54, 1.807) is 0 Å². The monoisotopic (exact) mass is 295 g/mol. The topological polar surface area (TPSA) is 119 Å². The molecule has 21 heavy (non-hydrogen) atoms. The number of aromatic hydroxyl groups is 1. The zero-order chi connectivity index (χ0) is 16.0. The minimum Gasteiger partial charge on any atom is -0.507 e. The van der Waals surface area contributed by atoms with Crippen molar-refractivity contribution in [1.29, 1.82) is 0 Å². The summed E-state index contributed by atoms with van der Waals surface area (Å²) < 4.78 is 0. The first-order valence-electron chi connectivity index (χ1n) is 6.14. The second kappa shape index (κ2) is 7.13. The van der Waals surface area contributed by atoms with E-state index >= 15 is 0 Å². The van der Waals surface area contributed by atoms with Crippen molar-refractivity contribution in [3.63, 3.8) is 0 Å². The standard InChI is InChI=1S/C13H17N3O5/c1-14-11(18)5-6-16(2)13(21)15-8-3-4-10(17)9(7-8)12(19)20/h3-4,7,17H,5-6H2,1-2H3,(H,14,18)(H,15,21)(H,19,20). The summed E-state index contributed by atoms with van der Waals surface area (Å²) in [5.74, 6) is -1.86. The number of carboxylic acid groups (broad SMARTS) is 1. The molecule has 0 aliphatic rings. The van der Waals surface area contributed by atoms with E-state index in [2.05, 4.69) is 10.6 Å². The second-order valence-electron chi connectivity index (χ2n) is 4.31. The van der Waals surface area contributed by atoms with Gasteiger partial charge in [-0.15, -0.1) is 0 Å². The number of aromatic carboxylic acids is 1. The van der Waals surface area contributed by atoms with Gasteiger partial charge in [-0.2, -0.15) is 0 Å². The molecule has 1 aromatic rings. The van der Waals surface area contributed by atoms with Crippen LogP contribution in [0.4, 0.5) is 10.5 Å². The van der Waals surface area contributed by atoms with Gasteiger partial charge in [0.2, 0.25) is 5.91 Å². The van der Waals surface area contributed by atoms with Gasteiger partial charge >= 0.3 is 12.0 Å². The fourth-order valence-corrected chi connectivity index (χ4v) is 1.50. The maximum absolute atomic E-state index is 11.9. The first-order chi connectivity index (χ1) is 9.85. The van der Waals surface area contributed by atoms with Gasteiger partial charge in [-0.1, -0.05) is 0 Å². The summed E-state index contributed by atoms with van der Waals surface area (Å²) in [5, 5.41) is 23.2. The number of hydrogen-bond donors (Lipinski definition) is 4. The maximum Gasteiger partial charge on any atom is 0.339 e. The minimum atomic E-state index is -1.29. The molecule has 0 saturated heterocycles. The molecule has 0 aliphatic carbocycles. The summed E-state index contributed by atoms with van der Waals surface area (Å²) in [6.07, 6.45) is 0.163. The number of benzene rings is 1. The molecular formula is C13H17N3O5. The van der Waals surface area contributed by atoms with E-state index < -0.39 is 12.0 Å². The fraction of sp³-hybridized carbons (Fsp3) is 0.308. The van der Waals surface area contributed by atoms with E-state index in [4.69, 9.17) is 5.11 Å². The van der Waals surface area contributed by atoms with Crippen molar-refractivity contribution >= 4 is 23.6 Å². The van der Waals surface area contributed by atoms with Crippen LogP contribution >= 0.6 is 0 Å². The highest BCUT2D eigenvalue weighted by molar-refractivity contribution is 5.95. The summed E-state index contributed by atoms with van der Waals surface area (Å²) in [6.45, 7) is 0.218. The molecule has 8 heteroatoms. The van der Waals surface area contributed by atoms with Gasteiger partial charge in [0, 0.05) is 32.7 Å². The third-order valence-corrected chi connectivity index (χ3v) is 2.78. The van der Waals surface area contributed by atoms with Gasteiger partial charge in [0.25, 0.3) is 0 Å². The molecule has 1 rings (SSSR count). The molecule has 0 spiro atoms. The van der Waals surface area contributed by atoms with Crippen molar-refractivity contribution < 1.29 is 24.6 Å². The highest BCUT2D eigenvalue weighted by atomic mass is 16.4. The predicted octanol–water partition coefficient (Wildman–Crippen LogP) is 0.690. The van der Waals surface area contributed by atoms with Gasteiger partial charge in [0.1, 0.15) is 11.3 Å². The van der Waals surface area contributed by atoms with Gasteiger partial charge in [-0.05, 0) is 18.2 Å². The van der Waals surface area contributed by atoms with Gasteiger partial charge in [-0.3, -0.25) is 4.79 Å². The highest BCUT2D eigenvalue weighted by Gasteiger charge is 2.14. The lowest BCUT2D eigenvalue weighted by molar-refractivity contribution is -0.120. The molecule has 3 amide bonds. The number of anilines is 1. The largest absolute Gasteiger partial charge is 0.507 e. The molecule has 114 valence electrons. The maximum atomic E-state index is 11.9. The molecule has 8 nitrogen and oxygen atoms in total. The van der Waals surface area contributed by atoms with Crippen molar-refractivity contribution in [3.05, 3.63) is 23.8 Å². The van der Waals surface area contributed by atoms with Gasteiger partial charge in [-0.25, -0.2) is 9.59 Å². The Morgan fingerprint density at radius 1 is 1.29 bits per heavy atom. The number of carboxylic acids is 1. The van der Waals surface area contributed by atoms with Crippen LogP contribution in [0.1, 0.15) is 16.8 Å². The van der Waals surface area contributed by atoms with Crippen LogP contribution in [0.2, 0.25) is 0 Å². The van der Waals surface area contributed by atoms with Crippen molar-refractivity contribution in [2.45, 2.75) is 6.42 Å². The van der Waals surface area contributed by atoms with E-state index in [0.29, 0.717) is 0 Å². The SMILES string of the molecule is CNC(=O)CCN(C)C(=O)Nc1ccc(O)c(C(=O)O)c1. The smallest absolute Gasteiger partial charge is 0.339 e. The summed E-state index contributed by atoms with van der Waals surface area (Å²) in [4.78, 5) is 35.1. The van der Waals surface area contributed by atoms with Gasteiger partial charge < -0.3 is 25.7 Å². The molecule has 0 saturated carbocycles. The molecule has 0 atom stereocenters. The molecule has 0 unspecified atom stereocenters. The van der Waals surface area contributed by atoms with E-state index in [1.165, 1.54) is 31.1 Å². The number of amides is 3. The van der Waals surface area contributed by atoms with Gasteiger partial charge in [0.05, 0.1) is 0 Å². The van der Waals surface area contributed by atoms with E-state index in [1.807, 2.05) is 0 Å². The van der Waals surface area contributed by atoms with E-state index in [9.17, 15) is 19.5 Å². The Balaban J connectivity index is 2.68. The van der Waals surface area contributed by atoms with Crippen molar-refractivity contribution in [2.24, 2.45) is 0 Å². The highest BCUT2D eigenvalue weighted by Crippen LogP contribution is 2.21. The average molecular weight is 295 g/mol. The van der Waals surface area contributed by atoms with Gasteiger partial charge in [0.15, 0.2) is 0 Å². The third-order valence-electron chi connectivity index (χ3n) is 2.78. The number of hydrogen-bond acceptors (Lipinski definition) is 4. The molecule has 1 aromatic carbocycles. The molecule has 0 radical (unpaired) electrons. The zero-order valence-electron chi connectivity index (χ0n) is 11.7. The summed E-state index contributed by atoms with van der Waals surface area (Å²) in [6, 6.07) is 3.24. The van der Waals surface area contributed by atoms with Crippen molar-refractivity contribution in [2.75, 3.05) is 26.0 Å². The Hall–Kier alpha value is -2.77. The summed E-state index contributed by atoms with van der Waals surface area (Å²) in [7, 11) is 3.02. The lowest BCUT2D eigenvalue weighted by Gasteiger charge is -2.17. The quantitative estimate of drug-likeness (QED) is 0.596. The molecular weight excluding hydrogens is 278 g/mol. The lowest BCUT2D eigenvalue weighted by atomic mass is 10.2. The number of carbonyl (C=O) groups excluding carboxylic acids is 2. The molecule has 0 bridgehead atoms. The van der Waals surface area contributed by atoms with Crippen LogP contribution in [0.25, 0.3) is 0 Å².